The van der Waals surface area contributed by atoms with E-state index in [9.17, 15) is 4.39 Å². The second-order valence-electron chi connectivity index (χ2n) is 7.55. The molecule has 2 saturated heterocycles. The first-order chi connectivity index (χ1) is 9.47. The van der Waals surface area contributed by atoms with Crippen molar-refractivity contribution in [3.63, 3.8) is 0 Å². The molecule has 2 aliphatic rings. The SMILES string of the molecule is CC(C)C1CCN(CC2CCN(C(C)C)CC2)C[C@@H]1F. The van der Waals surface area contributed by atoms with E-state index in [1.165, 1.54) is 25.9 Å². The Hall–Kier alpha value is -0.150. The van der Waals surface area contributed by atoms with Crippen molar-refractivity contribution in [1.29, 1.82) is 0 Å². The summed E-state index contributed by atoms with van der Waals surface area (Å²) in [5, 5.41) is 0. The average Bonchev–Trinajstić information content (AvgIpc) is 2.39. The van der Waals surface area contributed by atoms with Crippen LogP contribution in [-0.2, 0) is 0 Å². The van der Waals surface area contributed by atoms with Crippen molar-refractivity contribution in [2.45, 2.75) is 59.2 Å². The quantitative estimate of drug-likeness (QED) is 0.780. The Morgan fingerprint density at radius 1 is 1.00 bits per heavy atom. The molecule has 0 aromatic carbocycles. The molecule has 0 amide bonds. The zero-order valence-electron chi connectivity index (χ0n) is 13.8. The highest BCUT2D eigenvalue weighted by atomic mass is 19.1. The van der Waals surface area contributed by atoms with Crippen LogP contribution < -0.4 is 0 Å². The molecule has 0 bridgehead atoms. The zero-order chi connectivity index (χ0) is 14.7. The normalized spacial score (nSPS) is 31.4. The Bertz CT molecular complexity index is 285. The van der Waals surface area contributed by atoms with Gasteiger partial charge in [-0.1, -0.05) is 13.8 Å². The maximum Gasteiger partial charge on any atom is 0.116 e. The predicted molar refractivity (Wildman–Crippen MR) is 83.7 cm³/mol. The molecular formula is C17H33FN2. The fourth-order valence-electron chi connectivity index (χ4n) is 3.92. The van der Waals surface area contributed by atoms with Crippen molar-refractivity contribution in [1.82, 2.24) is 9.80 Å². The second-order valence-corrected chi connectivity index (χ2v) is 7.55. The summed E-state index contributed by atoms with van der Waals surface area (Å²) in [5.74, 6) is 1.56. The number of alkyl halides is 1. The molecule has 0 aliphatic carbocycles. The molecule has 2 rings (SSSR count). The van der Waals surface area contributed by atoms with Crippen LogP contribution in [0.4, 0.5) is 4.39 Å². The fourth-order valence-corrected chi connectivity index (χ4v) is 3.92. The van der Waals surface area contributed by atoms with Crippen LogP contribution in [0.2, 0.25) is 0 Å². The Morgan fingerprint density at radius 3 is 2.15 bits per heavy atom. The van der Waals surface area contributed by atoms with Gasteiger partial charge < -0.3 is 9.80 Å². The summed E-state index contributed by atoms with van der Waals surface area (Å²) in [4.78, 5) is 4.96. The van der Waals surface area contributed by atoms with Crippen LogP contribution >= 0.6 is 0 Å². The molecule has 0 N–H and O–H groups in total. The zero-order valence-corrected chi connectivity index (χ0v) is 13.8. The lowest BCUT2D eigenvalue weighted by atomic mass is 9.84. The van der Waals surface area contributed by atoms with Crippen LogP contribution in [0.5, 0.6) is 0 Å². The monoisotopic (exact) mass is 284 g/mol. The van der Waals surface area contributed by atoms with E-state index in [1.807, 2.05) is 0 Å². The lowest BCUT2D eigenvalue weighted by Gasteiger charge is -2.40. The van der Waals surface area contributed by atoms with Gasteiger partial charge in [0.15, 0.2) is 0 Å². The molecule has 2 fully saturated rings. The van der Waals surface area contributed by atoms with Crippen molar-refractivity contribution in [3.8, 4) is 0 Å². The second kappa shape index (κ2) is 7.22. The number of hydrogen-bond acceptors (Lipinski definition) is 2. The minimum atomic E-state index is -0.612. The van der Waals surface area contributed by atoms with Gasteiger partial charge in [0, 0.05) is 19.1 Å². The van der Waals surface area contributed by atoms with Crippen LogP contribution in [0.25, 0.3) is 0 Å². The molecule has 118 valence electrons. The van der Waals surface area contributed by atoms with Crippen molar-refractivity contribution >= 4 is 0 Å². The Kier molecular flexibility index (Phi) is 5.85. The van der Waals surface area contributed by atoms with E-state index in [0.29, 0.717) is 18.5 Å². The molecule has 0 spiro atoms. The minimum Gasteiger partial charge on any atom is -0.301 e. The molecule has 2 aliphatic heterocycles. The van der Waals surface area contributed by atoms with E-state index in [-0.39, 0.29) is 5.92 Å². The number of hydrogen-bond donors (Lipinski definition) is 0. The van der Waals surface area contributed by atoms with Crippen molar-refractivity contribution in [2.75, 3.05) is 32.7 Å². The number of halogens is 1. The number of likely N-dealkylation sites (tertiary alicyclic amines) is 2. The Morgan fingerprint density at radius 2 is 1.65 bits per heavy atom. The van der Waals surface area contributed by atoms with Crippen LogP contribution in [0.3, 0.4) is 0 Å². The van der Waals surface area contributed by atoms with Crippen LogP contribution in [0.1, 0.15) is 47.0 Å². The van der Waals surface area contributed by atoms with Gasteiger partial charge in [0.25, 0.3) is 0 Å². The van der Waals surface area contributed by atoms with Crippen LogP contribution in [0.15, 0.2) is 0 Å². The number of rotatable bonds is 4. The predicted octanol–water partition coefficient (Wildman–Crippen LogP) is 3.42. The number of piperidine rings is 2. The lowest BCUT2D eigenvalue weighted by Crippen LogP contribution is -2.47. The standard InChI is InChI=1S/C17H33FN2/c1-13(2)16-7-8-19(12-17(16)18)11-15-5-9-20(10-6-15)14(3)4/h13-17H,5-12H2,1-4H3/t16?,17-/m0/s1. The Balaban J connectivity index is 1.73. The summed E-state index contributed by atoms with van der Waals surface area (Å²) in [7, 11) is 0. The summed E-state index contributed by atoms with van der Waals surface area (Å²) in [6.45, 7) is 14.2. The topological polar surface area (TPSA) is 6.48 Å². The molecule has 0 aromatic heterocycles. The molecule has 20 heavy (non-hydrogen) atoms. The summed E-state index contributed by atoms with van der Waals surface area (Å²) in [6, 6.07) is 0.674. The number of nitrogens with zero attached hydrogens (tertiary/aromatic N) is 2. The summed E-state index contributed by atoms with van der Waals surface area (Å²) < 4.78 is 14.2. The molecule has 1 unspecified atom stereocenters. The lowest BCUT2D eigenvalue weighted by molar-refractivity contribution is 0.0420. The van der Waals surface area contributed by atoms with E-state index in [2.05, 4.69) is 37.5 Å². The van der Waals surface area contributed by atoms with Gasteiger partial charge in [0.1, 0.15) is 6.17 Å². The van der Waals surface area contributed by atoms with E-state index >= 15 is 0 Å². The third-order valence-corrected chi connectivity index (χ3v) is 5.43. The minimum absolute atomic E-state index is 0.286. The molecule has 2 nitrogen and oxygen atoms in total. The molecule has 0 saturated carbocycles. The van der Waals surface area contributed by atoms with E-state index in [1.54, 1.807) is 0 Å². The highest BCUT2D eigenvalue weighted by molar-refractivity contribution is 4.84. The van der Waals surface area contributed by atoms with Gasteiger partial charge in [-0.25, -0.2) is 4.39 Å². The molecule has 2 atom stereocenters. The Labute approximate surface area is 124 Å². The first-order valence-electron chi connectivity index (χ1n) is 8.57. The molecule has 3 heteroatoms. The van der Waals surface area contributed by atoms with E-state index in [4.69, 9.17) is 0 Å². The van der Waals surface area contributed by atoms with Gasteiger partial charge in [-0.2, -0.15) is 0 Å². The molecular weight excluding hydrogens is 251 g/mol. The largest absolute Gasteiger partial charge is 0.301 e. The van der Waals surface area contributed by atoms with Crippen LogP contribution in [0, 0.1) is 17.8 Å². The first-order valence-corrected chi connectivity index (χ1v) is 8.57. The highest BCUT2D eigenvalue weighted by Gasteiger charge is 2.32. The first kappa shape index (κ1) is 16.2. The molecule has 0 radical (unpaired) electrons. The average molecular weight is 284 g/mol. The van der Waals surface area contributed by atoms with Gasteiger partial charge in [0.05, 0.1) is 0 Å². The molecule has 2 heterocycles. The van der Waals surface area contributed by atoms with Gasteiger partial charge in [0.2, 0.25) is 0 Å². The smallest absolute Gasteiger partial charge is 0.116 e. The van der Waals surface area contributed by atoms with Gasteiger partial charge in [-0.3, -0.25) is 0 Å². The van der Waals surface area contributed by atoms with E-state index in [0.717, 1.165) is 25.4 Å². The van der Waals surface area contributed by atoms with Gasteiger partial charge >= 0.3 is 0 Å². The van der Waals surface area contributed by atoms with Crippen LogP contribution in [-0.4, -0.2) is 54.7 Å². The molecule has 0 aromatic rings. The van der Waals surface area contributed by atoms with E-state index < -0.39 is 6.17 Å². The summed E-state index contributed by atoms with van der Waals surface area (Å²) in [5.41, 5.74) is 0. The fraction of sp³-hybridized carbons (Fsp3) is 1.00. The van der Waals surface area contributed by atoms with Crippen molar-refractivity contribution in [2.24, 2.45) is 17.8 Å². The third-order valence-electron chi connectivity index (χ3n) is 5.43. The highest BCUT2D eigenvalue weighted by Crippen LogP contribution is 2.29. The maximum absolute atomic E-state index is 14.2. The van der Waals surface area contributed by atoms with Gasteiger partial charge in [-0.15, -0.1) is 0 Å². The van der Waals surface area contributed by atoms with Gasteiger partial charge in [-0.05, 0) is 70.5 Å². The summed E-state index contributed by atoms with van der Waals surface area (Å²) >= 11 is 0. The van der Waals surface area contributed by atoms with Crippen molar-refractivity contribution in [3.05, 3.63) is 0 Å². The third kappa shape index (κ3) is 4.17. The maximum atomic E-state index is 14.2. The summed E-state index contributed by atoms with van der Waals surface area (Å²) in [6.07, 6.45) is 3.02. The van der Waals surface area contributed by atoms with Crippen molar-refractivity contribution < 1.29 is 4.39 Å².